The molecule has 2 rings (SSSR count). The third-order valence-corrected chi connectivity index (χ3v) is 4.08. The fraction of sp³-hybridized carbons (Fsp3) is 0.500. The van der Waals surface area contributed by atoms with Gasteiger partial charge in [0.25, 0.3) is 5.91 Å². The lowest BCUT2D eigenvalue weighted by molar-refractivity contribution is 0.0620. The van der Waals surface area contributed by atoms with E-state index in [1.165, 1.54) is 7.11 Å². The summed E-state index contributed by atoms with van der Waals surface area (Å²) in [6.07, 6.45) is 1.85. The topological polar surface area (TPSA) is 49.8 Å². The number of rotatable bonds is 3. The van der Waals surface area contributed by atoms with E-state index in [4.69, 9.17) is 27.9 Å². The Labute approximate surface area is 128 Å². The summed E-state index contributed by atoms with van der Waals surface area (Å²) in [6.45, 7) is 1.36. The number of methoxy groups -OCH3 is 1. The molecular formula is C14H17Cl2NO3. The van der Waals surface area contributed by atoms with E-state index in [1.54, 1.807) is 17.0 Å². The van der Waals surface area contributed by atoms with Crippen LogP contribution in [0.15, 0.2) is 12.1 Å². The molecule has 6 heteroatoms. The van der Waals surface area contributed by atoms with Crippen LogP contribution in [0.2, 0.25) is 10.0 Å². The molecular weight excluding hydrogens is 301 g/mol. The van der Waals surface area contributed by atoms with Crippen molar-refractivity contribution < 1.29 is 14.6 Å². The molecule has 20 heavy (non-hydrogen) atoms. The third-order valence-electron chi connectivity index (χ3n) is 3.51. The van der Waals surface area contributed by atoms with Crippen LogP contribution in [0.3, 0.4) is 0 Å². The van der Waals surface area contributed by atoms with Crippen LogP contribution in [0.5, 0.6) is 5.75 Å². The van der Waals surface area contributed by atoms with Crippen LogP contribution in [0.4, 0.5) is 0 Å². The lowest BCUT2D eigenvalue weighted by Gasteiger charge is -2.32. The third kappa shape index (κ3) is 3.19. The number of benzene rings is 1. The molecule has 0 aliphatic carbocycles. The molecule has 1 saturated heterocycles. The minimum atomic E-state index is -0.116. The van der Waals surface area contributed by atoms with Gasteiger partial charge < -0.3 is 14.7 Å². The van der Waals surface area contributed by atoms with Crippen LogP contribution in [-0.2, 0) is 0 Å². The fourth-order valence-electron chi connectivity index (χ4n) is 2.46. The highest BCUT2D eigenvalue weighted by molar-refractivity contribution is 6.37. The smallest absolute Gasteiger partial charge is 0.253 e. The van der Waals surface area contributed by atoms with Gasteiger partial charge in [0.1, 0.15) is 0 Å². The molecule has 1 atom stereocenters. The van der Waals surface area contributed by atoms with Gasteiger partial charge in [0.15, 0.2) is 5.75 Å². The normalized spacial score (nSPS) is 19.0. The maximum atomic E-state index is 12.5. The summed E-state index contributed by atoms with van der Waals surface area (Å²) in [4.78, 5) is 14.2. The first kappa shape index (κ1) is 15.4. The van der Waals surface area contributed by atoms with Crippen molar-refractivity contribution in [2.45, 2.75) is 12.8 Å². The zero-order valence-electron chi connectivity index (χ0n) is 11.2. The van der Waals surface area contributed by atoms with Crippen LogP contribution in [0.1, 0.15) is 23.2 Å². The summed E-state index contributed by atoms with van der Waals surface area (Å²) in [5, 5.41) is 9.86. The summed E-state index contributed by atoms with van der Waals surface area (Å²) in [5.41, 5.74) is 0.444. The van der Waals surface area contributed by atoms with Crippen molar-refractivity contribution in [3.05, 3.63) is 27.7 Å². The number of aliphatic hydroxyl groups is 1. The first-order chi connectivity index (χ1) is 9.56. The zero-order valence-corrected chi connectivity index (χ0v) is 12.7. The van der Waals surface area contributed by atoms with Gasteiger partial charge in [0.2, 0.25) is 0 Å². The van der Waals surface area contributed by atoms with Gasteiger partial charge in [0, 0.05) is 25.3 Å². The van der Waals surface area contributed by atoms with Crippen molar-refractivity contribution in [2.24, 2.45) is 5.92 Å². The number of ether oxygens (including phenoxy) is 1. The number of carbonyl (C=O) groups is 1. The van der Waals surface area contributed by atoms with Crippen LogP contribution >= 0.6 is 23.2 Å². The van der Waals surface area contributed by atoms with Crippen molar-refractivity contribution in [2.75, 3.05) is 26.8 Å². The number of aliphatic hydroxyl groups excluding tert-OH is 1. The maximum Gasteiger partial charge on any atom is 0.253 e. The van der Waals surface area contributed by atoms with E-state index in [0.717, 1.165) is 12.8 Å². The summed E-state index contributed by atoms with van der Waals surface area (Å²) < 4.78 is 5.07. The number of piperidine rings is 1. The molecule has 1 N–H and O–H groups in total. The van der Waals surface area contributed by atoms with Gasteiger partial charge in [-0.05, 0) is 30.9 Å². The molecule has 1 aromatic carbocycles. The lowest BCUT2D eigenvalue weighted by Crippen LogP contribution is -2.40. The van der Waals surface area contributed by atoms with Crippen LogP contribution in [-0.4, -0.2) is 42.7 Å². The Bertz CT molecular complexity index is 484. The van der Waals surface area contributed by atoms with E-state index >= 15 is 0 Å². The minimum Gasteiger partial charge on any atom is -0.494 e. The van der Waals surface area contributed by atoms with Crippen LogP contribution in [0, 0.1) is 5.92 Å². The van der Waals surface area contributed by atoms with Gasteiger partial charge in [-0.1, -0.05) is 23.2 Å². The van der Waals surface area contributed by atoms with Crippen LogP contribution in [0.25, 0.3) is 0 Å². The summed E-state index contributed by atoms with van der Waals surface area (Å²) in [6, 6.07) is 3.13. The highest BCUT2D eigenvalue weighted by atomic mass is 35.5. The standard InChI is InChI=1S/C14H17Cl2NO3/c1-20-13-11(15)5-10(6-12(13)16)14(19)17-4-2-3-9(7-17)8-18/h5-6,9,18H,2-4,7-8H2,1H3. The Hall–Kier alpha value is -0.970. The molecule has 0 bridgehead atoms. The molecule has 1 amide bonds. The van der Waals surface area contributed by atoms with E-state index in [1.807, 2.05) is 0 Å². The van der Waals surface area contributed by atoms with E-state index in [2.05, 4.69) is 0 Å². The van der Waals surface area contributed by atoms with Crippen molar-refractivity contribution in [3.8, 4) is 5.75 Å². The van der Waals surface area contributed by atoms with Gasteiger partial charge >= 0.3 is 0 Å². The predicted molar refractivity (Wildman–Crippen MR) is 78.7 cm³/mol. The average molecular weight is 318 g/mol. The molecule has 1 heterocycles. The zero-order chi connectivity index (χ0) is 14.7. The molecule has 1 aliphatic rings. The fourth-order valence-corrected chi connectivity index (χ4v) is 3.10. The van der Waals surface area contributed by atoms with Crippen LogP contribution < -0.4 is 4.74 Å². The second-order valence-corrected chi connectivity index (χ2v) is 5.73. The van der Waals surface area contributed by atoms with Gasteiger partial charge in [-0.3, -0.25) is 4.79 Å². The molecule has 1 aromatic rings. The van der Waals surface area contributed by atoms with Crippen molar-refractivity contribution in [1.29, 1.82) is 0 Å². The Kier molecular flexibility index (Phi) is 5.13. The van der Waals surface area contributed by atoms with Crippen molar-refractivity contribution in [1.82, 2.24) is 4.90 Å². The Balaban J connectivity index is 2.21. The number of hydrogen-bond donors (Lipinski definition) is 1. The highest BCUT2D eigenvalue weighted by Gasteiger charge is 2.25. The predicted octanol–water partition coefficient (Wildman–Crippen LogP) is 2.85. The molecule has 0 spiro atoms. The summed E-state index contributed by atoms with van der Waals surface area (Å²) in [5.74, 6) is 0.406. The second kappa shape index (κ2) is 6.66. The molecule has 0 radical (unpaired) electrons. The monoisotopic (exact) mass is 317 g/mol. The summed E-state index contributed by atoms with van der Waals surface area (Å²) >= 11 is 12.1. The van der Waals surface area contributed by atoms with E-state index in [-0.39, 0.29) is 18.4 Å². The highest BCUT2D eigenvalue weighted by Crippen LogP contribution is 2.34. The molecule has 1 aliphatic heterocycles. The Morgan fingerprint density at radius 2 is 2.10 bits per heavy atom. The first-order valence-electron chi connectivity index (χ1n) is 6.50. The Morgan fingerprint density at radius 1 is 1.45 bits per heavy atom. The van der Waals surface area contributed by atoms with Gasteiger partial charge in [-0.2, -0.15) is 0 Å². The van der Waals surface area contributed by atoms with Crippen molar-refractivity contribution >= 4 is 29.1 Å². The maximum absolute atomic E-state index is 12.5. The number of halogens is 2. The quantitative estimate of drug-likeness (QED) is 0.932. The van der Waals surface area contributed by atoms with Gasteiger partial charge in [-0.25, -0.2) is 0 Å². The SMILES string of the molecule is COc1c(Cl)cc(C(=O)N2CCCC(CO)C2)cc1Cl. The largest absolute Gasteiger partial charge is 0.494 e. The molecule has 0 aromatic heterocycles. The summed E-state index contributed by atoms with van der Waals surface area (Å²) in [7, 11) is 1.48. The number of nitrogens with zero attached hydrogens (tertiary/aromatic N) is 1. The lowest BCUT2D eigenvalue weighted by atomic mass is 9.98. The van der Waals surface area contributed by atoms with E-state index in [9.17, 15) is 9.90 Å². The van der Waals surface area contributed by atoms with Crippen molar-refractivity contribution in [3.63, 3.8) is 0 Å². The first-order valence-corrected chi connectivity index (χ1v) is 7.25. The second-order valence-electron chi connectivity index (χ2n) is 4.92. The number of amides is 1. The Morgan fingerprint density at radius 3 is 2.65 bits per heavy atom. The van der Waals surface area contributed by atoms with E-state index in [0.29, 0.717) is 34.4 Å². The molecule has 1 unspecified atom stereocenters. The average Bonchev–Trinajstić information content (AvgIpc) is 2.46. The van der Waals surface area contributed by atoms with Gasteiger partial charge in [-0.15, -0.1) is 0 Å². The number of likely N-dealkylation sites (tertiary alicyclic amines) is 1. The van der Waals surface area contributed by atoms with Gasteiger partial charge in [0.05, 0.1) is 17.2 Å². The van der Waals surface area contributed by atoms with E-state index < -0.39 is 0 Å². The molecule has 1 fully saturated rings. The number of hydrogen-bond acceptors (Lipinski definition) is 3. The number of carbonyl (C=O) groups excluding carboxylic acids is 1. The minimum absolute atomic E-state index is 0.105. The molecule has 110 valence electrons. The molecule has 4 nitrogen and oxygen atoms in total. The molecule has 0 saturated carbocycles.